The first-order chi connectivity index (χ1) is 15.5. The number of urea groups is 1. The van der Waals surface area contributed by atoms with E-state index in [2.05, 4.69) is 31.3 Å². The van der Waals surface area contributed by atoms with E-state index in [-0.39, 0.29) is 18.7 Å². The first kappa shape index (κ1) is 22.1. The smallest absolute Gasteiger partial charge is 0.340 e. The minimum Gasteiger partial charge on any atom is -0.462 e. The molecule has 0 aliphatic carbocycles. The van der Waals surface area contributed by atoms with E-state index in [1.165, 1.54) is 20.9 Å². The number of carbonyl (C=O) groups is 2. The molecule has 0 spiro atoms. The zero-order chi connectivity index (χ0) is 22.7. The lowest BCUT2D eigenvalue weighted by Crippen LogP contribution is -2.42. The SMILES string of the molecule is CCOC(=O)c1ccccc1NC(=O)N1CCc2c(sc(C)c2CC)C1c1ccccc1. The molecule has 0 fully saturated rings. The Labute approximate surface area is 193 Å². The Morgan fingerprint density at radius 1 is 1.09 bits per heavy atom. The highest BCUT2D eigenvalue weighted by Gasteiger charge is 2.35. The van der Waals surface area contributed by atoms with Gasteiger partial charge in [0.05, 0.1) is 23.9 Å². The molecule has 2 amide bonds. The first-order valence-corrected chi connectivity index (χ1v) is 11.9. The van der Waals surface area contributed by atoms with Crippen molar-refractivity contribution < 1.29 is 14.3 Å². The fourth-order valence-electron chi connectivity index (χ4n) is 4.46. The summed E-state index contributed by atoms with van der Waals surface area (Å²) >= 11 is 1.79. The number of anilines is 1. The van der Waals surface area contributed by atoms with Crippen LogP contribution in [0.2, 0.25) is 0 Å². The topological polar surface area (TPSA) is 58.6 Å². The van der Waals surface area contributed by atoms with Gasteiger partial charge in [-0.25, -0.2) is 9.59 Å². The number of rotatable bonds is 5. The number of thiophene rings is 1. The summed E-state index contributed by atoms with van der Waals surface area (Å²) in [5.74, 6) is -0.439. The molecule has 0 radical (unpaired) electrons. The van der Waals surface area contributed by atoms with E-state index in [1.807, 2.05) is 23.1 Å². The van der Waals surface area contributed by atoms with E-state index >= 15 is 0 Å². The Bertz CT molecular complexity index is 1120. The number of ether oxygens (including phenoxy) is 1. The summed E-state index contributed by atoms with van der Waals surface area (Å²) in [6.45, 7) is 7.03. The number of aryl methyl sites for hydroxylation is 1. The zero-order valence-corrected chi connectivity index (χ0v) is 19.5. The molecule has 1 aliphatic heterocycles. The summed E-state index contributed by atoms with van der Waals surface area (Å²) in [4.78, 5) is 30.3. The first-order valence-electron chi connectivity index (χ1n) is 11.0. The number of benzene rings is 2. The molecule has 0 saturated carbocycles. The fourth-order valence-corrected chi connectivity index (χ4v) is 5.90. The number of nitrogens with one attached hydrogen (secondary N) is 1. The van der Waals surface area contributed by atoms with Gasteiger partial charge in [-0.2, -0.15) is 0 Å². The van der Waals surface area contributed by atoms with Crippen molar-refractivity contribution in [1.29, 1.82) is 0 Å². The van der Waals surface area contributed by atoms with Crippen molar-refractivity contribution in [2.24, 2.45) is 0 Å². The third kappa shape index (κ3) is 4.15. The van der Waals surface area contributed by atoms with Gasteiger partial charge < -0.3 is 15.0 Å². The summed E-state index contributed by atoms with van der Waals surface area (Å²) in [7, 11) is 0. The molecule has 1 atom stereocenters. The van der Waals surface area contributed by atoms with Crippen molar-refractivity contribution >= 4 is 29.0 Å². The number of amides is 2. The van der Waals surface area contributed by atoms with E-state index < -0.39 is 5.97 Å². The van der Waals surface area contributed by atoms with Crippen molar-refractivity contribution in [3.05, 3.63) is 86.6 Å². The van der Waals surface area contributed by atoms with Gasteiger partial charge >= 0.3 is 12.0 Å². The van der Waals surface area contributed by atoms with E-state index in [0.717, 1.165) is 18.4 Å². The molecular formula is C26H28N2O3S. The molecule has 2 heterocycles. The van der Waals surface area contributed by atoms with Crippen molar-refractivity contribution in [2.45, 2.75) is 39.7 Å². The molecular weight excluding hydrogens is 420 g/mol. The summed E-state index contributed by atoms with van der Waals surface area (Å²) in [5, 5.41) is 2.98. The number of fused-ring (bicyclic) bond motifs is 1. The minimum absolute atomic E-state index is 0.154. The summed E-state index contributed by atoms with van der Waals surface area (Å²) in [5.41, 5.74) is 4.71. The van der Waals surface area contributed by atoms with Gasteiger partial charge in [0, 0.05) is 16.3 Å². The maximum Gasteiger partial charge on any atom is 0.340 e. The second-order valence-corrected chi connectivity index (χ2v) is 9.04. The van der Waals surface area contributed by atoms with E-state index in [1.54, 1.807) is 42.5 Å². The number of hydrogen-bond donors (Lipinski definition) is 1. The van der Waals surface area contributed by atoms with Crippen LogP contribution in [0.25, 0.3) is 0 Å². The Kier molecular flexibility index (Phi) is 6.61. The van der Waals surface area contributed by atoms with Crippen LogP contribution in [0.3, 0.4) is 0 Å². The molecule has 0 bridgehead atoms. The molecule has 0 saturated heterocycles. The third-order valence-corrected chi connectivity index (χ3v) is 7.15. The van der Waals surface area contributed by atoms with Crippen molar-refractivity contribution in [1.82, 2.24) is 4.90 Å². The van der Waals surface area contributed by atoms with Crippen LogP contribution in [0.5, 0.6) is 0 Å². The average Bonchev–Trinajstić information content (AvgIpc) is 3.14. The van der Waals surface area contributed by atoms with Crippen LogP contribution in [0, 0.1) is 6.92 Å². The second kappa shape index (κ2) is 9.57. The number of para-hydroxylation sites is 1. The van der Waals surface area contributed by atoms with Crippen LogP contribution in [0.15, 0.2) is 54.6 Å². The summed E-state index contributed by atoms with van der Waals surface area (Å²) in [6.07, 6.45) is 1.83. The predicted molar refractivity (Wildman–Crippen MR) is 129 cm³/mol. The Balaban J connectivity index is 1.70. The molecule has 2 aromatic carbocycles. The van der Waals surface area contributed by atoms with Crippen LogP contribution >= 0.6 is 11.3 Å². The molecule has 5 nitrogen and oxygen atoms in total. The normalized spacial score (nSPS) is 15.2. The monoisotopic (exact) mass is 448 g/mol. The zero-order valence-electron chi connectivity index (χ0n) is 18.7. The van der Waals surface area contributed by atoms with Crippen LogP contribution in [-0.4, -0.2) is 30.1 Å². The van der Waals surface area contributed by atoms with Gasteiger partial charge in [0.1, 0.15) is 0 Å². The molecule has 1 aromatic heterocycles. The van der Waals surface area contributed by atoms with Crippen molar-refractivity contribution in [3.8, 4) is 0 Å². The Morgan fingerprint density at radius 2 is 1.81 bits per heavy atom. The summed E-state index contributed by atoms with van der Waals surface area (Å²) < 4.78 is 5.16. The van der Waals surface area contributed by atoms with Gasteiger partial charge in [-0.15, -0.1) is 11.3 Å². The molecule has 1 N–H and O–H groups in total. The standard InChI is InChI=1S/C26H28N2O3S/c1-4-19-17(3)32-24-20(19)15-16-28(23(24)18-11-7-6-8-12-18)26(30)27-22-14-10-9-13-21(22)25(29)31-5-2/h6-14,23H,4-5,15-16H2,1-3H3,(H,27,30). The number of esters is 1. The largest absolute Gasteiger partial charge is 0.462 e. The van der Waals surface area contributed by atoms with Crippen LogP contribution in [0.4, 0.5) is 10.5 Å². The maximum absolute atomic E-state index is 13.5. The lowest BCUT2D eigenvalue weighted by molar-refractivity contribution is 0.0527. The summed E-state index contributed by atoms with van der Waals surface area (Å²) in [6, 6.07) is 16.8. The van der Waals surface area contributed by atoms with E-state index in [9.17, 15) is 9.59 Å². The number of hydrogen-bond acceptors (Lipinski definition) is 4. The van der Waals surface area contributed by atoms with Gasteiger partial charge in [-0.3, -0.25) is 0 Å². The van der Waals surface area contributed by atoms with Gasteiger partial charge in [0.2, 0.25) is 0 Å². The van der Waals surface area contributed by atoms with Crippen LogP contribution < -0.4 is 5.32 Å². The molecule has 166 valence electrons. The van der Waals surface area contributed by atoms with Gasteiger partial charge in [0.25, 0.3) is 0 Å². The molecule has 32 heavy (non-hydrogen) atoms. The highest BCUT2D eigenvalue weighted by molar-refractivity contribution is 7.12. The lowest BCUT2D eigenvalue weighted by atomic mass is 9.92. The van der Waals surface area contributed by atoms with Gasteiger partial charge in [-0.05, 0) is 55.5 Å². The Hall–Kier alpha value is -3.12. The molecule has 4 rings (SSSR count). The average molecular weight is 449 g/mol. The predicted octanol–water partition coefficient (Wildman–Crippen LogP) is 5.98. The van der Waals surface area contributed by atoms with E-state index in [0.29, 0.717) is 17.8 Å². The maximum atomic E-state index is 13.5. The minimum atomic E-state index is -0.439. The molecule has 3 aromatic rings. The molecule has 1 aliphatic rings. The van der Waals surface area contributed by atoms with Crippen molar-refractivity contribution in [2.75, 3.05) is 18.5 Å². The van der Waals surface area contributed by atoms with Gasteiger partial charge in [-0.1, -0.05) is 49.4 Å². The Morgan fingerprint density at radius 3 is 2.53 bits per heavy atom. The van der Waals surface area contributed by atoms with Crippen molar-refractivity contribution in [3.63, 3.8) is 0 Å². The van der Waals surface area contributed by atoms with Crippen LogP contribution in [0.1, 0.15) is 56.7 Å². The quantitative estimate of drug-likeness (QED) is 0.489. The highest BCUT2D eigenvalue weighted by Crippen LogP contribution is 2.43. The fraction of sp³-hybridized carbons (Fsp3) is 0.308. The number of nitrogens with zero attached hydrogens (tertiary/aromatic N) is 1. The van der Waals surface area contributed by atoms with Gasteiger partial charge in [0.15, 0.2) is 0 Å². The number of carbonyl (C=O) groups excluding carboxylic acids is 2. The third-order valence-electron chi connectivity index (χ3n) is 5.91. The van der Waals surface area contributed by atoms with E-state index in [4.69, 9.17) is 4.74 Å². The molecule has 1 unspecified atom stereocenters. The van der Waals surface area contributed by atoms with Crippen LogP contribution in [-0.2, 0) is 17.6 Å². The lowest BCUT2D eigenvalue weighted by Gasteiger charge is -2.36. The molecule has 6 heteroatoms. The highest BCUT2D eigenvalue weighted by atomic mass is 32.1. The second-order valence-electron chi connectivity index (χ2n) is 7.79.